The van der Waals surface area contributed by atoms with Crippen molar-refractivity contribution in [2.75, 3.05) is 4.90 Å². The highest BCUT2D eigenvalue weighted by Crippen LogP contribution is 2.51. The summed E-state index contributed by atoms with van der Waals surface area (Å²) in [6.45, 7) is 4.69. The van der Waals surface area contributed by atoms with Crippen LogP contribution in [0.2, 0.25) is 0 Å². The summed E-state index contributed by atoms with van der Waals surface area (Å²) >= 11 is 0. The van der Waals surface area contributed by atoms with E-state index < -0.39 is 0 Å². The lowest BCUT2D eigenvalue weighted by Crippen LogP contribution is -2.16. The van der Waals surface area contributed by atoms with Crippen molar-refractivity contribution in [2.24, 2.45) is 0 Å². The number of hydrogen-bond acceptors (Lipinski definition) is 2. The fourth-order valence-corrected chi connectivity index (χ4v) is 9.18. The second kappa shape index (κ2) is 12.1. The average molecular weight is 704 g/mol. The van der Waals surface area contributed by atoms with E-state index in [-0.39, 0.29) is 5.41 Å². The average Bonchev–Trinajstić information content (AvgIpc) is 3.72. The molecule has 1 aliphatic carbocycles. The molecular weight excluding hydrogens is 667 g/mol. The van der Waals surface area contributed by atoms with E-state index in [1.165, 1.54) is 66.1 Å². The topological polar surface area (TPSA) is 16.4 Å². The quantitative estimate of drug-likeness (QED) is 0.177. The van der Waals surface area contributed by atoms with Gasteiger partial charge >= 0.3 is 0 Å². The number of rotatable bonds is 5. The maximum atomic E-state index is 6.26. The summed E-state index contributed by atoms with van der Waals surface area (Å²) in [4.78, 5) is 2.39. The molecule has 0 aliphatic heterocycles. The third-order valence-corrected chi connectivity index (χ3v) is 11.9. The molecule has 10 aromatic rings. The zero-order chi connectivity index (χ0) is 36.7. The lowest BCUT2D eigenvalue weighted by Gasteiger charge is -2.28. The predicted octanol–water partition coefficient (Wildman–Crippen LogP) is 15.0. The number of furan rings is 1. The Morgan fingerprint density at radius 3 is 1.76 bits per heavy atom. The SMILES string of the molecule is CC1(C)c2ccccc2-c2ccc(N(c3ccc(-c4cccc5c(-c6cccc7ccccc67)cccc45)cc3)c3ccc4oc5ccccc5c4c3)cc21. The minimum atomic E-state index is -0.110. The lowest BCUT2D eigenvalue weighted by atomic mass is 9.82. The van der Waals surface area contributed by atoms with Gasteiger partial charge in [0.25, 0.3) is 0 Å². The van der Waals surface area contributed by atoms with E-state index in [4.69, 9.17) is 4.42 Å². The Kier molecular flexibility index (Phi) is 6.93. The molecule has 2 heteroatoms. The summed E-state index contributed by atoms with van der Waals surface area (Å²) in [7, 11) is 0. The van der Waals surface area contributed by atoms with Gasteiger partial charge in [-0.05, 0) is 115 Å². The van der Waals surface area contributed by atoms with E-state index in [2.05, 4.69) is 195 Å². The van der Waals surface area contributed by atoms with Crippen LogP contribution in [0.5, 0.6) is 0 Å². The van der Waals surface area contributed by atoms with E-state index in [9.17, 15) is 0 Å². The lowest BCUT2D eigenvalue weighted by molar-refractivity contribution is 0.660. The van der Waals surface area contributed by atoms with Gasteiger partial charge in [0.2, 0.25) is 0 Å². The van der Waals surface area contributed by atoms with Gasteiger partial charge in [0, 0.05) is 33.2 Å². The molecule has 0 bridgehead atoms. The highest BCUT2D eigenvalue weighted by Gasteiger charge is 2.35. The number of fused-ring (bicyclic) bond motifs is 8. The monoisotopic (exact) mass is 703 g/mol. The predicted molar refractivity (Wildman–Crippen MR) is 232 cm³/mol. The number of hydrogen-bond donors (Lipinski definition) is 0. The van der Waals surface area contributed by atoms with Crippen molar-refractivity contribution in [2.45, 2.75) is 19.3 Å². The van der Waals surface area contributed by atoms with Gasteiger partial charge in [-0.3, -0.25) is 0 Å². The fourth-order valence-electron chi connectivity index (χ4n) is 9.18. The molecule has 55 heavy (non-hydrogen) atoms. The first-order valence-electron chi connectivity index (χ1n) is 19.1. The second-order valence-electron chi connectivity index (χ2n) is 15.3. The highest BCUT2D eigenvalue weighted by atomic mass is 16.3. The standard InChI is InChI=1S/C53H37NO/c1-53(2)49-22-7-5-15-45(49)46-30-28-38(33-50(46)53)54(37-29-31-52-48(32-37)47-16-6-8-23-51(47)55-52)36-26-24-35(25-27-36)40-17-10-20-43-42(40)19-11-21-44(43)41-18-9-13-34-12-3-4-14-39(34)41/h3-33H,1-2H3. The summed E-state index contributed by atoms with van der Waals surface area (Å²) in [5, 5.41) is 7.26. The minimum Gasteiger partial charge on any atom is -0.456 e. The highest BCUT2D eigenvalue weighted by molar-refractivity contribution is 6.10. The van der Waals surface area contributed by atoms with Crippen LogP contribution in [0, 0.1) is 0 Å². The molecule has 0 saturated carbocycles. The molecule has 1 heterocycles. The molecule has 0 radical (unpaired) electrons. The largest absolute Gasteiger partial charge is 0.456 e. The van der Waals surface area contributed by atoms with E-state index in [0.717, 1.165) is 39.0 Å². The molecule has 0 unspecified atom stereocenters. The van der Waals surface area contributed by atoms with Gasteiger partial charge in [-0.1, -0.05) is 153 Å². The Morgan fingerprint density at radius 1 is 0.364 bits per heavy atom. The molecule has 0 spiro atoms. The smallest absolute Gasteiger partial charge is 0.135 e. The van der Waals surface area contributed by atoms with E-state index in [0.29, 0.717) is 0 Å². The minimum absolute atomic E-state index is 0.110. The molecular formula is C53H37NO. The van der Waals surface area contributed by atoms with Crippen LogP contribution < -0.4 is 4.90 Å². The number of anilines is 3. The molecule has 1 aliphatic rings. The summed E-state index contributed by atoms with van der Waals surface area (Å²) in [5.41, 5.74) is 15.3. The van der Waals surface area contributed by atoms with Crippen LogP contribution in [0.15, 0.2) is 192 Å². The molecule has 0 N–H and O–H groups in total. The Hall–Kier alpha value is -6.90. The molecule has 0 atom stereocenters. The first-order chi connectivity index (χ1) is 27.0. The van der Waals surface area contributed by atoms with Crippen molar-refractivity contribution in [3.8, 4) is 33.4 Å². The van der Waals surface area contributed by atoms with Gasteiger partial charge < -0.3 is 9.32 Å². The maximum Gasteiger partial charge on any atom is 0.135 e. The first-order valence-corrected chi connectivity index (χ1v) is 19.1. The zero-order valence-corrected chi connectivity index (χ0v) is 30.8. The van der Waals surface area contributed by atoms with Gasteiger partial charge in [0.05, 0.1) is 0 Å². The summed E-state index contributed by atoms with van der Waals surface area (Å²) in [6, 6.07) is 68.5. The molecule has 9 aromatic carbocycles. The van der Waals surface area contributed by atoms with Crippen LogP contribution >= 0.6 is 0 Å². The van der Waals surface area contributed by atoms with Gasteiger partial charge in [0.15, 0.2) is 0 Å². The van der Waals surface area contributed by atoms with Crippen LogP contribution in [0.1, 0.15) is 25.0 Å². The summed E-state index contributed by atoms with van der Waals surface area (Å²) in [6.07, 6.45) is 0. The van der Waals surface area contributed by atoms with Gasteiger partial charge in [0.1, 0.15) is 11.2 Å². The van der Waals surface area contributed by atoms with Gasteiger partial charge in [-0.2, -0.15) is 0 Å². The van der Waals surface area contributed by atoms with E-state index in [1.807, 2.05) is 12.1 Å². The van der Waals surface area contributed by atoms with E-state index in [1.54, 1.807) is 0 Å². The van der Waals surface area contributed by atoms with Crippen LogP contribution in [-0.4, -0.2) is 0 Å². The molecule has 0 fully saturated rings. The van der Waals surface area contributed by atoms with E-state index >= 15 is 0 Å². The molecule has 0 amide bonds. The van der Waals surface area contributed by atoms with Crippen molar-refractivity contribution in [3.63, 3.8) is 0 Å². The van der Waals surface area contributed by atoms with Crippen LogP contribution in [0.4, 0.5) is 17.1 Å². The van der Waals surface area contributed by atoms with Crippen molar-refractivity contribution >= 4 is 60.5 Å². The number of para-hydroxylation sites is 1. The Balaban J connectivity index is 1.05. The van der Waals surface area contributed by atoms with Crippen LogP contribution in [0.25, 0.3) is 76.9 Å². The van der Waals surface area contributed by atoms with Gasteiger partial charge in [-0.15, -0.1) is 0 Å². The molecule has 1 aromatic heterocycles. The number of nitrogens with zero attached hydrogens (tertiary/aromatic N) is 1. The molecule has 260 valence electrons. The first kappa shape index (κ1) is 31.6. The van der Waals surface area contributed by atoms with Crippen molar-refractivity contribution in [1.82, 2.24) is 0 Å². The third-order valence-electron chi connectivity index (χ3n) is 11.9. The van der Waals surface area contributed by atoms with Crippen molar-refractivity contribution in [3.05, 3.63) is 199 Å². The normalized spacial score (nSPS) is 13.1. The third kappa shape index (κ3) is 4.88. The Bertz CT molecular complexity index is 3120. The fraction of sp³-hybridized carbons (Fsp3) is 0.0566. The van der Waals surface area contributed by atoms with Crippen LogP contribution in [-0.2, 0) is 5.41 Å². The van der Waals surface area contributed by atoms with Crippen molar-refractivity contribution < 1.29 is 4.42 Å². The summed E-state index contributed by atoms with van der Waals surface area (Å²) in [5.74, 6) is 0. The van der Waals surface area contributed by atoms with Crippen molar-refractivity contribution in [1.29, 1.82) is 0 Å². The molecule has 11 rings (SSSR count). The second-order valence-corrected chi connectivity index (χ2v) is 15.3. The zero-order valence-electron chi connectivity index (χ0n) is 30.8. The Labute approximate surface area is 320 Å². The Morgan fingerprint density at radius 2 is 0.909 bits per heavy atom. The van der Waals surface area contributed by atoms with Gasteiger partial charge in [-0.25, -0.2) is 0 Å². The number of benzene rings is 9. The maximum absolute atomic E-state index is 6.26. The molecule has 2 nitrogen and oxygen atoms in total. The summed E-state index contributed by atoms with van der Waals surface area (Å²) < 4.78 is 6.26. The molecule has 0 saturated heterocycles. The van der Waals surface area contributed by atoms with Crippen LogP contribution in [0.3, 0.4) is 0 Å².